The molecule has 5 nitrogen and oxygen atoms in total. The molecular weight excluding hydrogens is 336 g/mol. The maximum atomic E-state index is 12.0. The Morgan fingerprint density at radius 2 is 2.26 bits per heavy atom. The lowest BCUT2D eigenvalue weighted by Gasteiger charge is -2.11. The molecule has 1 aliphatic rings. The van der Waals surface area contributed by atoms with E-state index in [-0.39, 0.29) is 24.5 Å². The summed E-state index contributed by atoms with van der Waals surface area (Å²) in [5.41, 5.74) is 0.846. The molecule has 0 radical (unpaired) electrons. The van der Waals surface area contributed by atoms with Crippen LogP contribution in [0.2, 0.25) is 5.02 Å². The number of hydrogen-bond donors (Lipinski definition) is 1. The average molecular weight is 351 g/mol. The molecule has 7 heteroatoms. The van der Waals surface area contributed by atoms with Crippen molar-refractivity contribution in [3.63, 3.8) is 0 Å². The molecule has 1 N–H and O–H groups in total. The van der Waals surface area contributed by atoms with Crippen LogP contribution in [0.15, 0.2) is 41.8 Å². The molecule has 1 atom stereocenters. The van der Waals surface area contributed by atoms with Crippen LogP contribution >= 0.6 is 22.9 Å². The van der Waals surface area contributed by atoms with E-state index >= 15 is 0 Å². The molecule has 1 saturated heterocycles. The largest absolute Gasteiger partial charge is 0.442 e. The number of hydrogen-bond acceptors (Lipinski definition) is 4. The monoisotopic (exact) mass is 350 g/mol. The molecule has 1 unspecified atom stereocenters. The molecule has 1 aromatic heterocycles. The molecule has 1 aliphatic heterocycles. The molecule has 1 aromatic carbocycles. The molecule has 0 saturated carbocycles. The Morgan fingerprint density at radius 1 is 1.39 bits per heavy atom. The minimum Gasteiger partial charge on any atom is -0.442 e. The number of rotatable bonds is 5. The van der Waals surface area contributed by atoms with Crippen LogP contribution in [-0.2, 0) is 16.0 Å². The number of anilines is 1. The highest BCUT2D eigenvalue weighted by Gasteiger charge is 2.32. The van der Waals surface area contributed by atoms with Gasteiger partial charge in [0.25, 0.3) is 0 Å². The van der Waals surface area contributed by atoms with Crippen LogP contribution in [0.4, 0.5) is 9.80 Å². The fourth-order valence-corrected chi connectivity index (χ4v) is 3.30. The van der Waals surface area contributed by atoms with Gasteiger partial charge in [-0.25, -0.2) is 4.79 Å². The van der Waals surface area contributed by atoms with Gasteiger partial charge in [-0.05, 0) is 35.2 Å². The number of nitrogens with one attached hydrogen (secondary N) is 1. The van der Waals surface area contributed by atoms with Crippen LogP contribution in [0.25, 0.3) is 0 Å². The maximum Gasteiger partial charge on any atom is 0.415 e. The normalized spacial score (nSPS) is 17.2. The molecule has 2 aromatic rings. The van der Waals surface area contributed by atoms with Crippen molar-refractivity contribution in [2.75, 3.05) is 18.0 Å². The number of ether oxygens (including phenoxy) is 1. The Hall–Kier alpha value is -2.05. The molecule has 2 amide bonds. The lowest BCUT2D eigenvalue weighted by atomic mass is 10.1. The molecule has 3 rings (SSSR count). The van der Waals surface area contributed by atoms with Gasteiger partial charge >= 0.3 is 6.09 Å². The van der Waals surface area contributed by atoms with E-state index in [1.54, 1.807) is 17.0 Å². The van der Waals surface area contributed by atoms with Gasteiger partial charge in [0.15, 0.2) is 0 Å². The zero-order chi connectivity index (χ0) is 16.2. The summed E-state index contributed by atoms with van der Waals surface area (Å²) < 4.78 is 5.28. The Bertz CT molecular complexity index is 705. The van der Waals surface area contributed by atoms with Crippen LogP contribution in [-0.4, -0.2) is 31.2 Å². The maximum absolute atomic E-state index is 12.0. The summed E-state index contributed by atoms with van der Waals surface area (Å²) in [6.07, 6.45) is -0.468. The number of cyclic esters (lactones) is 1. The van der Waals surface area contributed by atoms with Crippen molar-refractivity contribution in [3.8, 4) is 0 Å². The van der Waals surface area contributed by atoms with E-state index in [4.69, 9.17) is 16.3 Å². The van der Waals surface area contributed by atoms with E-state index in [1.165, 1.54) is 11.3 Å². The summed E-state index contributed by atoms with van der Waals surface area (Å²) in [5, 5.41) is 6.16. The molecule has 120 valence electrons. The first-order valence-corrected chi connectivity index (χ1v) is 8.40. The van der Waals surface area contributed by atoms with E-state index in [2.05, 4.69) is 5.32 Å². The predicted molar refractivity (Wildman–Crippen MR) is 90.1 cm³/mol. The first-order valence-electron chi connectivity index (χ1n) is 7.14. The fourth-order valence-electron chi connectivity index (χ4n) is 2.35. The van der Waals surface area contributed by atoms with Gasteiger partial charge in [-0.15, -0.1) is 11.3 Å². The Balaban J connectivity index is 1.49. The number of nitrogens with zero attached hydrogens (tertiary/aromatic N) is 1. The number of amides is 2. The first kappa shape index (κ1) is 15.8. The van der Waals surface area contributed by atoms with E-state index in [0.717, 1.165) is 10.6 Å². The lowest BCUT2D eigenvalue weighted by Crippen LogP contribution is -2.35. The van der Waals surface area contributed by atoms with Crippen molar-refractivity contribution in [2.24, 2.45) is 0 Å². The predicted octanol–water partition coefficient (Wildman–Crippen LogP) is 3.09. The highest BCUT2D eigenvalue weighted by atomic mass is 35.5. The molecule has 0 aliphatic carbocycles. The highest BCUT2D eigenvalue weighted by molar-refractivity contribution is 7.14. The topological polar surface area (TPSA) is 58.6 Å². The summed E-state index contributed by atoms with van der Waals surface area (Å²) in [4.78, 5) is 25.4. The van der Waals surface area contributed by atoms with Gasteiger partial charge in [-0.2, -0.15) is 0 Å². The summed E-state index contributed by atoms with van der Waals surface area (Å²) in [5.74, 6) is -0.127. The summed E-state index contributed by atoms with van der Waals surface area (Å²) in [6.45, 7) is 0.740. The van der Waals surface area contributed by atoms with E-state index in [0.29, 0.717) is 18.1 Å². The molecule has 0 bridgehead atoms. The van der Waals surface area contributed by atoms with Crippen LogP contribution in [0.3, 0.4) is 0 Å². The number of thiophene rings is 1. The molecule has 0 spiro atoms. The van der Waals surface area contributed by atoms with Gasteiger partial charge in [0.1, 0.15) is 11.1 Å². The summed E-state index contributed by atoms with van der Waals surface area (Å²) >= 11 is 7.37. The second kappa shape index (κ2) is 7.02. The van der Waals surface area contributed by atoms with E-state index < -0.39 is 0 Å². The van der Waals surface area contributed by atoms with Gasteiger partial charge in [0.2, 0.25) is 5.91 Å². The zero-order valence-electron chi connectivity index (χ0n) is 12.2. The minimum atomic E-state index is -0.374. The third-order valence-corrected chi connectivity index (χ3v) is 4.55. The van der Waals surface area contributed by atoms with Gasteiger partial charge in [-0.3, -0.25) is 9.69 Å². The molecule has 23 heavy (non-hydrogen) atoms. The first-order chi connectivity index (χ1) is 11.1. The lowest BCUT2D eigenvalue weighted by molar-refractivity contribution is -0.120. The Morgan fingerprint density at radius 3 is 3.00 bits per heavy atom. The van der Waals surface area contributed by atoms with E-state index in [1.807, 2.05) is 29.6 Å². The van der Waals surface area contributed by atoms with Gasteiger partial charge in [0.05, 0.1) is 19.5 Å². The van der Waals surface area contributed by atoms with Crippen molar-refractivity contribution in [2.45, 2.75) is 12.5 Å². The minimum absolute atomic E-state index is 0.127. The van der Waals surface area contributed by atoms with E-state index in [9.17, 15) is 9.59 Å². The standard InChI is InChI=1S/C16H15ClN2O3S/c17-12-4-1-3-11(7-12)8-14(20)18-9-13-10-19(16(21)22-13)15-5-2-6-23-15/h1-7,13H,8-10H2,(H,18,20). The summed E-state index contributed by atoms with van der Waals surface area (Å²) in [6, 6.07) is 10.9. The van der Waals surface area contributed by atoms with Gasteiger partial charge < -0.3 is 10.1 Å². The second-order valence-corrected chi connectivity index (χ2v) is 6.54. The zero-order valence-corrected chi connectivity index (χ0v) is 13.8. The third kappa shape index (κ3) is 4.03. The molecular formula is C16H15ClN2O3S. The van der Waals surface area contributed by atoms with Crippen LogP contribution in [0.1, 0.15) is 5.56 Å². The van der Waals surface area contributed by atoms with Crippen molar-refractivity contribution in [1.29, 1.82) is 0 Å². The number of benzene rings is 1. The van der Waals surface area contributed by atoms with Crippen LogP contribution in [0.5, 0.6) is 0 Å². The molecule has 1 fully saturated rings. The fraction of sp³-hybridized carbons (Fsp3) is 0.250. The van der Waals surface area contributed by atoms with Gasteiger partial charge in [0, 0.05) is 5.02 Å². The second-order valence-electron chi connectivity index (χ2n) is 5.18. The van der Waals surface area contributed by atoms with Gasteiger partial charge in [-0.1, -0.05) is 23.7 Å². The van der Waals surface area contributed by atoms with Crippen LogP contribution < -0.4 is 10.2 Å². The number of halogens is 1. The van der Waals surface area contributed by atoms with Crippen molar-refractivity contribution in [1.82, 2.24) is 5.32 Å². The summed E-state index contributed by atoms with van der Waals surface area (Å²) in [7, 11) is 0. The quantitative estimate of drug-likeness (QED) is 0.901. The number of carbonyl (C=O) groups is 2. The van der Waals surface area contributed by atoms with Crippen molar-refractivity contribution < 1.29 is 14.3 Å². The SMILES string of the molecule is O=C(Cc1cccc(Cl)c1)NCC1CN(c2cccs2)C(=O)O1. The van der Waals surface area contributed by atoms with Crippen LogP contribution in [0, 0.1) is 0 Å². The molecule has 2 heterocycles. The Kier molecular flexibility index (Phi) is 4.83. The Labute approximate surface area is 142 Å². The highest BCUT2D eigenvalue weighted by Crippen LogP contribution is 2.26. The average Bonchev–Trinajstić information content (AvgIpc) is 3.14. The smallest absolute Gasteiger partial charge is 0.415 e. The van der Waals surface area contributed by atoms with Crippen molar-refractivity contribution >= 4 is 39.9 Å². The number of carbonyl (C=O) groups excluding carboxylic acids is 2. The third-order valence-electron chi connectivity index (χ3n) is 3.43. The van der Waals surface area contributed by atoms with Crippen molar-refractivity contribution in [3.05, 3.63) is 52.4 Å².